The van der Waals surface area contributed by atoms with Crippen LogP contribution in [-0.2, 0) is 11.3 Å². The summed E-state index contributed by atoms with van der Waals surface area (Å²) in [5, 5.41) is 9.32. The van der Waals surface area contributed by atoms with Crippen molar-refractivity contribution in [2.45, 2.75) is 38.8 Å². The molecule has 0 spiro atoms. The fourth-order valence-electron chi connectivity index (χ4n) is 2.44. The highest BCUT2D eigenvalue weighted by atomic mass is 16.4. The number of rotatable bonds is 3. The van der Waals surface area contributed by atoms with Crippen molar-refractivity contribution in [1.29, 1.82) is 0 Å². The normalized spacial score (nSPS) is 25.1. The Morgan fingerprint density at radius 1 is 1.59 bits per heavy atom. The predicted molar refractivity (Wildman–Crippen MR) is 64.7 cm³/mol. The average Bonchev–Trinajstić information content (AvgIpc) is 2.62. The maximum atomic E-state index is 11.3. The van der Waals surface area contributed by atoms with Crippen molar-refractivity contribution < 1.29 is 9.90 Å². The Bertz CT molecular complexity index is 433. The van der Waals surface area contributed by atoms with Crippen molar-refractivity contribution in [1.82, 2.24) is 9.88 Å². The van der Waals surface area contributed by atoms with E-state index >= 15 is 0 Å². The summed E-state index contributed by atoms with van der Waals surface area (Å²) in [6.45, 7) is 5.32. The first kappa shape index (κ1) is 12.0. The van der Waals surface area contributed by atoms with Gasteiger partial charge in [0.25, 0.3) is 0 Å². The number of aliphatic carboxylic acids is 1. The molecule has 0 aromatic carbocycles. The summed E-state index contributed by atoms with van der Waals surface area (Å²) in [5.74, 6) is -0.726. The summed E-state index contributed by atoms with van der Waals surface area (Å²) >= 11 is 0. The second-order valence-electron chi connectivity index (χ2n) is 4.97. The minimum atomic E-state index is -0.726. The molecule has 4 nitrogen and oxygen atoms in total. The molecule has 0 aliphatic carbocycles. The van der Waals surface area contributed by atoms with Gasteiger partial charge >= 0.3 is 5.97 Å². The van der Waals surface area contributed by atoms with E-state index in [0.29, 0.717) is 6.54 Å². The molecule has 1 aliphatic rings. The Labute approximate surface area is 101 Å². The van der Waals surface area contributed by atoms with E-state index in [1.807, 2.05) is 31.1 Å². The third kappa shape index (κ3) is 2.31. The van der Waals surface area contributed by atoms with E-state index in [-0.39, 0.29) is 0 Å². The van der Waals surface area contributed by atoms with Crippen LogP contribution in [0, 0.1) is 6.92 Å². The van der Waals surface area contributed by atoms with E-state index in [1.165, 1.54) is 0 Å². The van der Waals surface area contributed by atoms with Gasteiger partial charge in [-0.25, -0.2) is 0 Å². The number of nitrogens with zero attached hydrogens (tertiary/aromatic N) is 2. The molecule has 0 radical (unpaired) electrons. The number of carbonyl (C=O) groups is 1. The summed E-state index contributed by atoms with van der Waals surface area (Å²) in [5.41, 5.74) is 1.47. The standard InChI is InChI=1S/C13H18N2O2/c1-10-6-11(8-14-7-10)9-15-5-3-4-13(15,2)12(16)17/h6-8H,3-5,9H2,1-2H3,(H,16,17). The van der Waals surface area contributed by atoms with Crippen molar-refractivity contribution in [3.63, 3.8) is 0 Å². The minimum absolute atomic E-state index is 0.664. The summed E-state index contributed by atoms with van der Waals surface area (Å²) in [6.07, 6.45) is 5.29. The van der Waals surface area contributed by atoms with E-state index in [0.717, 1.165) is 30.5 Å². The number of carboxylic acid groups (broad SMARTS) is 1. The lowest BCUT2D eigenvalue weighted by Crippen LogP contribution is -2.47. The van der Waals surface area contributed by atoms with Crippen molar-refractivity contribution in [2.75, 3.05) is 6.54 Å². The second kappa shape index (κ2) is 4.45. The molecule has 92 valence electrons. The molecular formula is C13H18N2O2. The molecule has 1 aliphatic heterocycles. The first-order valence-corrected chi connectivity index (χ1v) is 5.91. The van der Waals surface area contributed by atoms with Crippen LogP contribution in [0.15, 0.2) is 18.5 Å². The Kier molecular flexibility index (Phi) is 3.15. The lowest BCUT2D eigenvalue weighted by atomic mass is 9.99. The van der Waals surface area contributed by atoms with Crippen LogP contribution in [0.1, 0.15) is 30.9 Å². The van der Waals surface area contributed by atoms with Crippen LogP contribution < -0.4 is 0 Å². The lowest BCUT2D eigenvalue weighted by molar-refractivity contribution is -0.148. The van der Waals surface area contributed by atoms with Crippen LogP contribution in [0.3, 0.4) is 0 Å². The first-order chi connectivity index (χ1) is 8.02. The molecule has 2 heterocycles. The molecule has 1 unspecified atom stereocenters. The van der Waals surface area contributed by atoms with Crippen LogP contribution in [0.25, 0.3) is 0 Å². The number of likely N-dealkylation sites (tertiary alicyclic amines) is 1. The molecule has 2 rings (SSSR count). The summed E-state index contributed by atoms with van der Waals surface area (Å²) in [6, 6.07) is 2.06. The minimum Gasteiger partial charge on any atom is -0.480 e. The van der Waals surface area contributed by atoms with E-state index < -0.39 is 11.5 Å². The smallest absolute Gasteiger partial charge is 0.323 e. The van der Waals surface area contributed by atoms with Crippen LogP contribution >= 0.6 is 0 Å². The zero-order valence-corrected chi connectivity index (χ0v) is 10.3. The van der Waals surface area contributed by atoms with Gasteiger partial charge in [-0.05, 0) is 44.4 Å². The number of hydrogen-bond donors (Lipinski definition) is 1. The molecule has 1 aromatic heterocycles. The van der Waals surface area contributed by atoms with Crippen molar-refractivity contribution in [3.05, 3.63) is 29.6 Å². The SMILES string of the molecule is Cc1cncc(CN2CCCC2(C)C(=O)O)c1. The molecule has 17 heavy (non-hydrogen) atoms. The molecule has 1 atom stereocenters. The molecule has 1 saturated heterocycles. The molecule has 1 N–H and O–H groups in total. The maximum Gasteiger partial charge on any atom is 0.323 e. The van der Waals surface area contributed by atoms with Crippen LogP contribution in [-0.4, -0.2) is 33.0 Å². The highest BCUT2D eigenvalue weighted by Crippen LogP contribution is 2.30. The number of pyridine rings is 1. The highest BCUT2D eigenvalue weighted by molar-refractivity contribution is 5.78. The van der Waals surface area contributed by atoms with Gasteiger partial charge in [-0.1, -0.05) is 6.07 Å². The molecular weight excluding hydrogens is 216 g/mol. The summed E-state index contributed by atoms with van der Waals surface area (Å²) in [7, 11) is 0. The molecule has 0 saturated carbocycles. The average molecular weight is 234 g/mol. The monoisotopic (exact) mass is 234 g/mol. The van der Waals surface area contributed by atoms with Gasteiger partial charge in [0.05, 0.1) is 0 Å². The quantitative estimate of drug-likeness (QED) is 0.867. The zero-order valence-electron chi connectivity index (χ0n) is 10.3. The van der Waals surface area contributed by atoms with Gasteiger partial charge in [0.15, 0.2) is 0 Å². The topological polar surface area (TPSA) is 53.4 Å². The van der Waals surface area contributed by atoms with Crippen molar-refractivity contribution >= 4 is 5.97 Å². The van der Waals surface area contributed by atoms with Crippen LogP contribution in [0.4, 0.5) is 0 Å². The van der Waals surface area contributed by atoms with Crippen molar-refractivity contribution in [3.8, 4) is 0 Å². The summed E-state index contributed by atoms with van der Waals surface area (Å²) in [4.78, 5) is 17.5. The molecule has 4 heteroatoms. The van der Waals surface area contributed by atoms with E-state index in [9.17, 15) is 9.90 Å². The molecule has 1 fully saturated rings. The Morgan fingerprint density at radius 3 is 3.00 bits per heavy atom. The zero-order chi connectivity index (χ0) is 12.5. The first-order valence-electron chi connectivity index (χ1n) is 5.91. The third-order valence-electron chi connectivity index (χ3n) is 3.56. The largest absolute Gasteiger partial charge is 0.480 e. The van der Waals surface area contributed by atoms with Crippen molar-refractivity contribution in [2.24, 2.45) is 0 Å². The Hall–Kier alpha value is -1.42. The third-order valence-corrected chi connectivity index (χ3v) is 3.56. The molecule has 0 amide bonds. The number of carboxylic acids is 1. The maximum absolute atomic E-state index is 11.3. The van der Waals surface area contributed by atoms with Gasteiger partial charge in [0, 0.05) is 18.9 Å². The van der Waals surface area contributed by atoms with Crippen LogP contribution in [0.5, 0.6) is 0 Å². The van der Waals surface area contributed by atoms with Gasteiger partial charge < -0.3 is 5.11 Å². The lowest BCUT2D eigenvalue weighted by Gasteiger charge is -2.31. The van der Waals surface area contributed by atoms with E-state index in [1.54, 1.807) is 0 Å². The second-order valence-corrected chi connectivity index (χ2v) is 4.97. The van der Waals surface area contributed by atoms with E-state index in [2.05, 4.69) is 11.1 Å². The van der Waals surface area contributed by atoms with E-state index in [4.69, 9.17) is 0 Å². The Morgan fingerprint density at radius 2 is 2.35 bits per heavy atom. The molecule has 0 bridgehead atoms. The van der Waals surface area contributed by atoms with Gasteiger partial charge in [0.1, 0.15) is 5.54 Å². The number of aromatic nitrogens is 1. The fraction of sp³-hybridized carbons (Fsp3) is 0.538. The van der Waals surface area contributed by atoms with Gasteiger partial charge in [-0.3, -0.25) is 14.7 Å². The fourth-order valence-corrected chi connectivity index (χ4v) is 2.44. The number of hydrogen-bond acceptors (Lipinski definition) is 3. The number of aryl methyl sites for hydroxylation is 1. The summed E-state index contributed by atoms with van der Waals surface area (Å²) < 4.78 is 0. The van der Waals surface area contributed by atoms with Gasteiger partial charge in [-0.15, -0.1) is 0 Å². The highest BCUT2D eigenvalue weighted by Gasteiger charge is 2.43. The van der Waals surface area contributed by atoms with Gasteiger partial charge in [-0.2, -0.15) is 0 Å². The Balaban J connectivity index is 2.16. The van der Waals surface area contributed by atoms with Gasteiger partial charge in [0.2, 0.25) is 0 Å². The molecule has 1 aromatic rings. The predicted octanol–water partition coefficient (Wildman–Crippen LogP) is 1.83. The van der Waals surface area contributed by atoms with Crippen LogP contribution in [0.2, 0.25) is 0 Å².